The number of hydrogen-bond donors (Lipinski definition) is 5. The molecule has 4 atom stereocenters. The topological polar surface area (TPSA) is 137 Å². The van der Waals surface area contributed by atoms with Crippen molar-refractivity contribution in [3.63, 3.8) is 0 Å². The molecule has 4 rings (SSSR count). The van der Waals surface area contributed by atoms with Crippen molar-refractivity contribution in [2.24, 2.45) is 5.92 Å². The van der Waals surface area contributed by atoms with E-state index in [9.17, 15) is 9.59 Å². The zero-order chi connectivity index (χ0) is 29.3. The SMILES string of the molecule is C=C1NC(=O)C(/C=C/C(=O)NCCNc2ncnc3nc[nH]c23)=CN1C1CC(CC)C(CCP(=C)(C)S)O1.CC. The van der Waals surface area contributed by atoms with Crippen LogP contribution in [0.5, 0.6) is 0 Å². The lowest BCUT2D eigenvalue weighted by molar-refractivity contribution is -0.118. The highest BCUT2D eigenvalue weighted by atomic mass is 32.7. The summed E-state index contributed by atoms with van der Waals surface area (Å²) in [6, 6.07) is 0. The maximum Gasteiger partial charge on any atom is 0.258 e. The van der Waals surface area contributed by atoms with E-state index in [4.69, 9.17) is 4.74 Å². The summed E-state index contributed by atoms with van der Waals surface area (Å²) in [5.74, 6) is 0.835. The zero-order valence-electron chi connectivity index (χ0n) is 23.7. The van der Waals surface area contributed by atoms with Crippen molar-refractivity contribution in [2.75, 3.05) is 31.2 Å². The molecule has 13 heteroatoms. The number of anilines is 1. The van der Waals surface area contributed by atoms with Crippen LogP contribution in [0.25, 0.3) is 11.2 Å². The molecule has 2 aliphatic heterocycles. The minimum absolute atomic E-state index is 0.113. The number of nitrogens with one attached hydrogen (secondary N) is 4. The van der Waals surface area contributed by atoms with Crippen LogP contribution in [-0.2, 0) is 14.3 Å². The van der Waals surface area contributed by atoms with Gasteiger partial charge in [-0.05, 0) is 37.7 Å². The molecule has 4 unspecified atom stereocenters. The Labute approximate surface area is 241 Å². The van der Waals surface area contributed by atoms with E-state index >= 15 is 0 Å². The third kappa shape index (κ3) is 8.46. The molecule has 2 aromatic heterocycles. The van der Waals surface area contributed by atoms with Crippen LogP contribution in [0.15, 0.2) is 49.0 Å². The van der Waals surface area contributed by atoms with Gasteiger partial charge in [0.05, 0.1) is 18.0 Å². The molecule has 0 spiro atoms. The van der Waals surface area contributed by atoms with Crippen LogP contribution < -0.4 is 16.0 Å². The third-order valence-electron chi connectivity index (χ3n) is 6.56. The molecule has 0 bridgehead atoms. The molecule has 4 heterocycles. The standard InChI is InChI=1S/C25H35N8O3PS.C2H6/c1-5-17-12-21(36-19(17)8-11-37(3,4)38)33-13-18(25(35)32-16(33)2)6-7-20(34)26-9-10-27-23-22-24(29-14-28-22)31-15-30-23;1-2/h6-7,13-15,17,19,21,38H,2-3,5,8-12H2,1,4H3,(H,26,34)(H,32,35)(H2,27,28,29,30,31);1-2H3/b7-6+;. The first-order valence-electron chi connectivity index (χ1n) is 13.6. The first kappa shape index (κ1) is 31.4. The van der Waals surface area contributed by atoms with Crippen molar-refractivity contribution < 1.29 is 14.3 Å². The van der Waals surface area contributed by atoms with Gasteiger partial charge in [-0.2, -0.15) is 12.2 Å². The molecule has 2 amide bonds. The Morgan fingerprint density at radius 3 is 2.83 bits per heavy atom. The van der Waals surface area contributed by atoms with E-state index in [1.54, 1.807) is 12.5 Å². The second kappa shape index (κ2) is 14.5. The Kier molecular flexibility index (Phi) is 11.4. The van der Waals surface area contributed by atoms with Gasteiger partial charge in [0.1, 0.15) is 23.9 Å². The smallest absolute Gasteiger partial charge is 0.258 e. The second-order valence-corrected chi connectivity index (χ2v) is 15.7. The lowest BCUT2D eigenvalue weighted by Gasteiger charge is -2.33. The number of hydrogen-bond acceptors (Lipinski definition) is 9. The highest BCUT2D eigenvalue weighted by Crippen LogP contribution is 2.47. The average Bonchev–Trinajstić information content (AvgIpc) is 3.57. The Morgan fingerprint density at radius 2 is 2.10 bits per heavy atom. The van der Waals surface area contributed by atoms with Crippen LogP contribution in [0.4, 0.5) is 5.82 Å². The number of thiol groups is 1. The maximum absolute atomic E-state index is 12.5. The first-order chi connectivity index (χ1) is 19.1. The molecule has 1 fully saturated rings. The van der Waals surface area contributed by atoms with Crippen LogP contribution >= 0.6 is 18.3 Å². The summed E-state index contributed by atoms with van der Waals surface area (Å²) in [5, 5.41) is 8.71. The fraction of sp³-hybridized carbons (Fsp3) is 0.481. The minimum atomic E-state index is -1.44. The highest BCUT2D eigenvalue weighted by molar-refractivity contribution is 8.51. The predicted octanol–water partition coefficient (Wildman–Crippen LogP) is 3.71. The fourth-order valence-electron chi connectivity index (χ4n) is 4.52. The molecule has 0 saturated carbocycles. The highest BCUT2D eigenvalue weighted by Gasteiger charge is 2.38. The van der Waals surface area contributed by atoms with E-state index in [0.29, 0.717) is 47.4 Å². The van der Waals surface area contributed by atoms with Crippen LogP contribution in [-0.4, -0.2) is 81.2 Å². The number of amides is 2. The van der Waals surface area contributed by atoms with Gasteiger partial charge in [0.25, 0.3) is 5.91 Å². The Bertz CT molecular complexity index is 1300. The molecule has 0 aliphatic carbocycles. The van der Waals surface area contributed by atoms with Crippen LogP contribution in [0.2, 0.25) is 0 Å². The number of imidazole rings is 1. The fourth-order valence-corrected chi connectivity index (χ4v) is 5.67. The van der Waals surface area contributed by atoms with E-state index in [2.05, 4.69) is 74.6 Å². The van der Waals surface area contributed by atoms with Crippen molar-refractivity contribution in [3.05, 3.63) is 49.0 Å². The zero-order valence-corrected chi connectivity index (χ0v) is 25.5. The molecule has 2 aromatic rings. The number of aromatic amines is 1. The predicted molar refractivity (Wildman–Crippen MR) is 166 cm³/mol. The first-order valence-corrected chi connectivity index (χ1v) is 17.3. The van der Waals surface area contributed by atoms with Gasteiger partial charge in [-0.15, -0.1) is 0 Å². The van der Waals surface area contributed by atoms with Crippen molar-refractivity contribution in [2.45, 2.75) is 52.4 Å². The van der Waals surface area contributed by atoms with Crippen molar-refractivity contribution in [1.29, 1.82) is 0 Å². The number of ether oxygens (including phenoxy) is 1. The molecule has 11 nitrogen and oxygen atoms in total. The molecular weight excluding hydrogens is 547 g/mol. The number of fused-ring (bicyclic) bond motifs is 1. The second-order valence-electron chi connectivity index (χ2n) is 9.65. The Balaban J connectivity index is 0.00000216. The molecule has 218 valence electrons. The van der Waals surface area contributed by atoms with Gasteiger partial charge in [0, 0.05) is 25.4 Å². The molecule has 2 aliphatic rings. The summed E-state index contributed by atoms with van der Waals surface area (Å²) in [7, 11) is 0. The van der Waals surface area contributed by atoms with E-state index in [1.807, 2.05) is 18.7 Å². The quantitative estimate of drug-likeness (QED) is 0.116. The molecule has 0 radical (unpaired) electrons. The largest absolute Gasteiger partial charge is 0.366 e. The van der Waals surface area contributed by atoms with E-state index < -0.39 is 6.09 Å². The van der Waals surface area contributed by atoms with Crippen LogP contribution in [0.3, 0.4) is 0 Å². The van der Waals surface area contributed by atoms with Crippen LogP contribution in [0, 0.1) is 5.92 Å². The molecule has 1 saturated heterocycles. The summed E-state index contributed by atoms with van der Waals surface area (Å²) >= 11 is 4.65. The molecule has 4 N–H and O–H groups in total. The van der Waals surface area contributed by atoms with Crippen LogP contribution in [0.1, 0.15) is 40.0 Å². The third-order valence-corrected chi connectivity index (χ3v) is 8.38. The van der Waals surface area contributed by atoms with Gasteiger partial charge >= 0.3 is 0 Å². The van der Waals surface area contributed by atoms with E-state index in [-0.39, 0.29) is 24.1 Å². The lowest BCUT2D eigenvalue weighted by atomic mass is 9.96. The van der Waals surface area contributed by atoms with Gasteiger partial charge in [-0.3, -0.25) is 9.59 Å². The average molecular weight is 589 g/mol. The summed E-state index contributed by atoms with van der Waals surface area (Å²) in [4.78, 5) is 42.1. The number of H-pyrrole nitrogens is 1. The summed E-state index contributed by atoms with van der Waals surface area (Å²) in [6.07, 6.45) is 13.8. The molecular formula is C27H41N8O3PS. The van der Waals surface area contributed by atoms with Gasteiger partial charge < -0.3 is 30.6 Å². The molecule has 40 heavy (non-hydrogen) atoms. The summed E-state index contributed by atoms with van der Waals surface area (Å²) < 4.78 is 6.40. The monoisotopic (exact) mass is 588 g/mol. The minimum Gasteiger partial charge on any atom is -0.366 e. The Morgan fingerprint density at radius 1 is 1.32 bits per heavy atom. The van der Waals surface area contributed by atoms with E-state index in [0.717, 1.165) is 25.4 Å². The van der Waals surface area contributed by atoms with Crippen molar-refractivity contribution >= 4 is 53.4 Å². The maximum atomic E-state index is 12.5. The van der Waals surface area contributed by atoms with Gasteiger partial charge in [-0.1, -0.05) is 46.2 Å². The Hall–Kier alpha value is -3.08. The summed E-state index contributed by atoms with van der Waals surface area (Å²) in [5.41, 5.74) is 1.61. The lowest BCUT2D eigenvalue weighted by Crippen LogP contribution is -2.42. The number of aromatic nitrogens is 4. The summed E-state index contributed by atoms with van der Waals surface area (Å²) in [6.45, 7) is 13.1. The van der Waals surface area contributed by atoms with Crippen molar-refractivity contribution in [3.8, 4) is 0 Å². The number of carbonyl (C=O) groups is 2. The number of rotatable bonds is 11. The number of nitrogens with zero attached hydrogens (tertiary/aromatic N) is 4. The molecule has 0 aromatic carbocycles. The normalized spacial score (nSPS) is 22.4. The van der Waals surface area contributed by atoms with E-state index in [1.165, 1.54) is 18.5 Å². The van der Waals surface area contributed by atoms with Gasteiger partial charge in [0.2, 0.25) is 5.91 Å². The number of carbonyl (C=O) groups excluding carboxylic acids is 2. The van der Waals surface area contributed by atoms with Gasteiger partial charge in [0.15, 0.2) is 11.5 Å². The van der Waals surface area contributed by atoms with Gasteiger partial charge in [-0.25, -0.2) is 15.0 Å². The van der Waals surface area contributed by atoms with Crippen molar-refractivity contribution in [1.82, 2.24) is 35.5 Å².